The number of nitrogens with zero attached hydrogens (tertiary/aromatic N) is 1. The SMILES string of the molecule is CCCNC1CCCCC1CN(C)CCCSC. The second kappa shape index (κ2) is 10.1. The Hall–Kier alpha value is 0.270. The average molecular weight is 273 g/mol. The van der Waals surface area contributed by atoms with Crippen LogP contribution in [0.3, 0.4) is 0 Å². The van der Waals surface area contributed by atoms with Crippen LogP contribution in [0, 0.1) is 5.92 Å². The smallest absolute Gasteiger partial charge is 0.0107 e. The van der Waals surface area contributed by atoms with Crippen LogP contribution in [0.1, 0.15) is 45.4 Å². The molecule has 0 bridgehead atoms. The van der Waals surface area contributed by atoms with Crippen molar-refractivity contribution in [2.24, 2.45) is 5.92 Å². The summed E-state index contributed by atoms with van der Waals surface area (Å²) in [6.07, 6.45) is 10.5. The van der Waals surface area contributed by atoms with Gasteiger partial charge in [0.25, 0.3) is 0 Å². The van der Waals surface area contributed by atoms with E-state index in [9.17, 15) is 0 Å². The lowest BCUT2D eigenvalue weighted by Gasteiger charge is -2.35. The molecule has 0 spiro atoms. The van der Waals surface area contributed by atoms with Gasteiger partial charge in [-0.05, 0) is 63.7 Å². The van der Waals surface area contributed by atoms with Gasteiger partial charge in [0.1, 0.15) is 0 Å². The maximum absolute atomic E-state index is 3.76. The molecular weight excluding hydrogens is 240 g/mol. The van der Waals surface area contributed by atoms with Crippen LogP contribution in [0.15, 0.2) is 0 Å². The first-order valence-electron chi connectivity index (χ1n) is 7.68. The first kappa shape index (κ1) is 16.3. The molecule has 0 aliphatic heterocycles. The molecule has 1 N–H and O–H groups in total. The van der Waals surface area contributed by atoms with Crippen molar-refractivity contribution in [1.29, 1.82) is 0 Å². The van der Waals surface area contributed by atoms with Crippen LogP contribution < -0.4 is 5.32 Å². The fraction of sp³-hybridized carbons (Fsp3) is 1.00. The van der Waals surface area contributed by atoms with Crippen molar-refractivity contribution in [3.05, 3.63) is 0 Å². The second-order valence-electron chi connectivity index (χ2n) is 5.71. The molecule has 2 atom stereocenters. The molecule has 1 fully saturated rings. The summed E-state index contributed by atoms with van der Waals surface area (Å²) in [5.41, 5.74) is 0. The molecule has 0 heterocycles. The molecule has 1 aliphatic carbocycles. The van der Waals surface area contributed by atoms with Crippen LogP contribution >= 0.6 is 11.8 Å². The molecule has 3 heteroatoms. The Kier molecular flexibility index (Phi) is 9.16. The van der Waals surface area contributed by atoms with Gasteiger partial charge in [0.05, 0.1) is 0 Å². The third-order valence-corrected chi connectivity index (χ3v) is 4.70. The van der Waals surface area contributed by atoms with Crippen molar-refractivity contribution in [2.45, 2.75) is 51.5 Å². The molecule has 1 aliphatic rings. The van der Waals surface area contributed by atoms with Crippen molar-refractivity contribution < 1.29 is 0 Å². The summed E-state index contributed by atoms with van der Waals surface area (Å²) in [4.78, 5) is 2.55. The van der Waals surface area contributed by atoms with Crippen molar-refractivity contribution >= 4 is 11.8 Å². The summed E-state index contributed by atoms with van der Waals surface area (Å²) in [5, 5.41) is 3.76. The third-order valence-electron chi connectivity index (χ3n) is 4.00. The number of hydrogen-bond acceptors (Lipinski definition) is 3. The molecule has 1 saturated carbocycles. The van der Waals surface area contributed by atoms with Crippen molar-refractivity contribution in [2.75, 3.05) is 38.7 Å². The summed E-state index contributed by atoms with van der Waals surface area (Å²) in [7, 11) is 2.30. The Morgan fingerprint density at radius 3 is 2.78 bits per heavy atom. The zero-order chi connectivity index (χ0) is 13.2. The van der Waals surface area contributed by atoms with Gasteiger partial charge in [-0.2, -0.15) is 11.8 Å². The van der Waals surface area contributed by atoms with Crippen LogP contribution in [0.4, 0.5) is 0 Å². The van der Waals surface area contributed by atoms with Crippen LogP contribution in [0.5, 0.6) is 0 Å². The van der Waals surface area contributed by atoms with E-state index in [1.807, 2.05) is 11.8 Å². The van der Waals surface area contributed by atoms with E-state index >= 15 is 0 Å². The lowest BCUT2D eigenvalue weighted by molar-refractivity contribution is 0.190. The predicted molar refractivity (Wildman–Crippen MR) is 84.5 cm³/mol. The van der Waals surface area contributed by atoms with Crippen molar-refractivity contribution in [3.63, 3.8) is 0 Å². The van der Waals surface area contributed by atoms with Crippen molar-refractivity contribution in [1.82, 2.24) is 10.2 Å². The molecule has 18 heavy (non-hydrogen) atoms. The molecule has 2 unspecified atom stereocenters. The lowest BCUT2D eigenvalue weighted by atomic mass is 9.84. The van der Waals surface area contributed by atoms with E-state index in [4.69, 9.17) is 0 Å². The molecule has 0 saturated heterocycles. The summed E-state index contributed by atoms with van der Waals surface area (Å²) in [6.45, 7) is 6.00. The Morgan fingerprint density at radius 2 is 2.06 bits per heavy atom. The fourth-order valence-electron chi connectivity index (χ4n) is 3.00. The van der Waals surface area contributed by atoms with Crippen LogP contribution in [-0.2, 0) is 0 Å². The Balaban J connectivity index is 2.26. The molecule has 0 radical (unpaired) electrons. The lowest BCUT2D eigenvalue weighted by Crippen LogP contribution is -2.43. The Bertz CT molecular complexity index is 199. The quantitative estimate of drug-likeness (QED) is 0.649. The van der Waals surface area contributed by atoms with Gasteiger partial charge in [0, 0.05) is 12.6 Å². The summed E-state index contributed by atoms with van der Waals surface area (Å²) in [6, 6.07) is 0.779. The summed E-state index contributed by atoms with van der Waals surface area (Å²) >= 11 is 1.96. The van der Waals surface area contributed by atoms with Gasteiger partial charge in [-0.15, -0.1) is 0 Å². The van der Waals surface area contributed by atoms with Crippen LogP contribution in [0.25, 0.3) is 0 Å². The maximum atomic E-state index is 3.76. The molecule has 0 aromatic carbocycles. The Morgan fingerprint density at radius 1 is 1.28 bits per heavy atom. The van der Waals surface area contributed by atoms with E-state index in [1.165, 1.54) is 63.9 Å². The van der Waals surface area contributed by atoms with Crippen LogP contribution in [0.2, 0.25) is 0 Å². The largest absolute Gasteiger partial charge is 0.314 e. The minimum atomic E-state index is 0.779. The van der Waals surface area contributed by atoms with E-state index in [1.54, 1.807) is 0 Å². The van der Waals surface area contributed by atoms with E-state index < -0.39 is 0 Å². The predicted octanol–water partition coefficient (Wildman–Crippen LogP) is 3.23. The highest BCUT2D eigenvalue weighted by Crippen LogP contribution is 2.25. The monoisotopic (exact) mass is 272 g/mol. The van der Waals surface area contributed by atoms with Crippen LogP contribution in [-0.4, -0.2) is 49.6 Å². The zero-order valence-electron chi connectivity index (χ0n) is 12.6. The van der Waals surface area contributed by atoms with E-state index in [0.29, 0.717) is 0 Å². The van der Waals surface area contributed by atoms with Gasteiger partial charge in [-0.3, -0.25) is 0 Å². The highest BCUT2D eigenvalue weighted by atomic mass is 32.2. The fourth-order valence-corrected chi connectivity index (χ4v) is 3.41. The van der Waals surface area contributed by atoms with E-state index in [2.05, 4.69) is 30.4 Å². The van der Waals surface area contributed by atoms with Gasteiger partial charge in [-0.25, -0.2) is 0 Å². The highest BCUT2D eigenvalue weighted by Gasteiger charge is 2.25. The minimum absolute atomic E-state index is 0.779. The molecule has 0 aromatic rings. The average Bonchev–Trinajstić information content (AvgIpc) is 2.38. The summed E-state index contributed by atoms with van der Waals surface area (Å²) < 4.78 is 0. The molecule has 108 valence electrons. The van der Waals surface area contributed by atoms with Gasteiger partial charge in [0.15, 0.2) is 0 Å². The first-order chi connectivity index (χ1) is 8.77. The normalized spacial score (nSPS) is 24.7. The van der Waals surface area contributed by atoms with Gasteiger partial charge >= 0.3 is 0 Å². The molecule has 0 amide bonds. The standard InChI is InChI=1S/C15H32N2S/c1-4-10-16-15-9-6-5-8-14(15)13-17(2)11-7-12-18-3/h14-16H,4-13H2,1-3H3. The van der Waals surface area contributed by atoms with Gasteiger partial charge in [-0.1, -0.05) is 19.8 Å². The molecule has 1 rings (SSSR count). The molecule has 2 nitrogen and oxygen atoms in total. The van der Waals surface area contributed by atoms with Crippen molar-refractivity contribution in [3.8, 4) is 0 Å². The van der Waals surface area contributed by atoms with E-state index in [-0.39, 0.29) is 0 Å². The van der Waals surface area contributed by atoms with E-state index in [0.717, 1.165) is 12.0 Å². The number of thioether (sulfide) groups is 1. The van der Waals surface area contributed by atoms with Gasteiger partial charge < -0.3 is 10.2 Å². The van der Waals surface area contributed by atoms with Gasteiger partial charge in [0.2, 0.25) is 0 Å². The number of rotatable bonds is 9. The number of hydrogen-bond donors (Lipinski definition) is 1. The maximum Gasteiger partial charge on any atom is 0.0107 e. The Labute approximate surface area is 118 Å². The molecule has 0 aromatic heterocycles. The zero-order valence-corrected chi connectivity index (χ0v) is 13.4. The number of nitrogens with one attached hydrogen (secondary N) is 1. The second-order valence-corrected chi connectivity index (χ2v) is 6.70. The summed E-state index contributed by atoms with van der Waals surface area (Å²) in [5.74, 6) is 2.18. The molecular formula is C15H32N2S. The first-order valence-corrected chi connectivity index (χ1v) is 9.08. The topological polar surface area (TPSA) is 15.3 Å². The highest BCUT2D eigenvalue weighted by molar-refractivity contribution is 7.98. The minimum Gasteiger partial charge on any atom is -0.314 e. The third kappa shape index (κ3) is 6.44.